The van der Waals surface area contributed by atoms with E-state index in [2.05, 4.69) is 23.5 Å². The molecule has 4 rings (SSSR count). The summed E-state index contributed by atoms with van der Waals surface area (Å²) in [6.45, 7) is 0. The molecule has 0 radical (unpaired) electrons. The molecule has 4 nitrogen and oxygen atoms in total. The summed E-state index contributed by atoms with van der Waals surface area (Å²) in [5.41, 5.74) is 1.60. The van der Waals surface area contributed by atoms with Crippen LogP contribution in [0.2, 0.25) is 0 Å². The van der Waals surface area contributed by atoms with E-state index in [9.17, 15) is 9.90 Å². The number of hydrogen-bond acceptors (Lipinski definition) is 5. The number of hydrogen-bond donors (Lipinski definition) is 2. The van der Waals surface area contributed by atoms with E-state index in [0.717, 1.165) is 31.7 Å². The first-order chi connectivity index (χ1) is 13.6. The summed E-state index contributed by atoms with van der Waals surface area (Å²) < 4.78 is 5.21. The van der Waals surface area contributed by atoms with Crippen LogP contribution < -0.4 is 10.1 Å². The molecule has 0 unspecified atom stereocenters. The normalized spacial score (nSPS) is 18.7. The summed E-state index contributed by atoms with van der Waals surface area (Å²) in [6.07, 6.45) is -1.14. The Bertz CT molecular complexity index is 977. The molecule has 0 saturated heterocycles. The number of amides is 1. The maximum absolute atomic E-state index is 12.5. The van der Waals surface area contributed by atoms with Crippen LogP contribution in [-0.4, -0.2) is 24.2 Å². The number of aliphatic hydroxyl groups is 1. The SMILES string of the molecule is COc1ccc([C@@H]2Sc3cc(Sc4ccccc4)ccc3NC(=O)[C@@H]2O)cc1. The molecule has 2 N–H and O–H groups in total. The van der Waals surface area contributed by atoms with Crippen molar-refractivity contribution in [1.29, 1.82) is 0 Å². The number of thioether (sulfide) groups is 1. The lowest BCUT2D eigenvalue weighted by atomic mass is 10.1. The average Bonchev–Trinajstić information content (AvgIpc) is 2.85. The van der Waals surface area contributed by atoms with Crippen LogP contribution in [0.3, 0.4) is 0 Å². The molecule has 1 aliphatic rings. The number of nitrogens with one attached hydrogen (secondary N) is 1. The summed E-state index contributed by atoms with van der Waals surface area (Å²) in [4.78, 5) is 15.6. The number of anilines is 1. The van der Waals surface area contributed by atoms with Crippen LogP contribution >= 0.6 is 23.5 Å². The van der Waals surface area contributed by atoms with Gasteiger partial charge in [-0.15, -0.1) is 11.8 Å². The summed E-state index contributed by atoms with van der Waals surface area (Å²) in [7, 11) is 1.61. The first-order valence-electron chi connectivity index (χ1n) is 8.80. The van der Waals surface area contributed by atoms with Gasteiger partial charge in [-0.05, 0) is 48.0 Å². The van der Waals surface area contributed by atoms with Gasteiger partial charge in [-0.3, -0.25) is 4.79 Å². The van der Waals surface area contributed by atoms with Gasteiger partial charge in [0.2, 0.25) is 0 Å². The molecule has 28 heavy (non-hydrogen) atoms. The van der Waals surface area contributed by atoms with Gasteiger partial charge in [0.25, 0.3) is 5.91 Å². The Balaban J connectivity index is 1.65. The summed E-state index contributed by atoms with van der Waals surface area (Å²) >= 11 is 3.16. The number of benzene rings is 3. The second-order valence-electron chi connectivity index (χ2n) is 6.32. The molecule has 1 amide bonds. The predicted molar refractivity (Wildman–Crippen MR) is 113 cm³/mol. The minimum atomic E-state index is -1.14. The lowest BCUT2D eigenvalue weighted by Crippen LogP contribution is -2.30. The molecule has 1 aliphatic heterocycles. The van der Waals surface area contributed by atoms with Crippen LogP contribution in [0.5, 0.6) is 5.75 Å². The largest absolute Gasteiger partial charge is 0.497 e. The number of fused-ring (bicyclic) bond motifs is 1. The Morgan fingerprint density at radius 2 is 1.75 bits per heavy atom. The Hall–Kier alpha value is -2.41. The van der Waals surface area contributed by atoms with E-state index >= 15 is 0 Å². The molecule has 0 saturated carbocycles. The highest BCUT2D eigenvalue weighted by atomic mass is 32.2. The first kappa shape index (κ1) is 18.9. The number of carbonyl (C=O) groups is 1. The molecule has 0 fully saturated rings. The number of rotatable bonds is 4. The standard InChI is InChI=1S/C22H19NO3S2/c1-26-15-9-7-14(8-10-15)21-20(24)22(25)23-18-12-11-17(13-19(18)28-21)27-16-5-3-2-4-6-16/h2-13,20-21,24H,1H3,(H,23,25)/t20-,21+/m1/s1. The Kier molecular flexibility index (Phi) is 5.62. The van der Waals surface area contributed by atoms with Crippen molar-refractivity contribution in [3.63, 3.8) is 0 Å². The van der Waals surface area contributed by atoms with E-state index in [1.807, 2.05) is 54.6 Å². The highest BCUT2D eigenvalue weighted by Gasteiger charge is 2.33. The molecule has 0 bridgehead atoms. The Morgan fingerprint density at radius 1 is 1.00 bits per heavy atom. The van der Waals surface area contributed by atoms with Gasteiger partial charge in [0.1, 0.15) is 11.9 Å². The summed E-state index contributed by atoms with van der Waals surface area (Å²) in [6, 6.07) is 23.5. The van der Waals surface area contributed by atoms with Crippen molar-refractivity contribution in [3.05, 3.63) is 78.4 Å². The fraction of sp³-hybridized carbons (Fsp3) is 0.136. The van der Waals surface area contributed by atoms with Gasteiger partial charge in [-0.2, -0.15) is 0 Å². The maximum atomic E-state index is 12.5. The Morgan fingerprint density at radius 3 is 2.46 bits per heavy atom. The molecule has 3 aromatic rings. The van der Waals surface area contributed by atoms with Crippen molar-refractivity contribution >= 4 is 35.1 Å². The van der Waals surface area contributed by atoms with Crippen LogP contribution in [0, 0.1) is 0 Å². The third-order valence-electron chi connectivity index (χ3n) is 4.44. The van der Waals surface area contributed by atoms with E-state index in [1.54, 1.807) is 18.9 Å². The molecular weight excluding hydrogens is 390 g/mol. The molecular formula is C22H19NO3S2. The minimum absolute atomic E-state index is 0.393. The Labute approximate surface area is 172 Å². The van der Waals surface area contributed by atoms with Crippen molar-refractivity contribution in [2.45, 2.75) is 26.0 Å². The van der Waals surface area contributed by atoms with E-state index in [0.29, 0.717) is 0 Å². The van der Waals surface area contributed by atoms with Gasteiger partial charge < -0.3 is 15.2 Å². The molecule has 1 heterocycles. The van der Waals surface area contributed by atoms with E-state index < -0.39 is 17.3 Å². The number of carbonyl (C=O) groups excluding carboxylic acids is 1. The monoisotopic (exact) mass is 409 g/mol. The van der Waals surface area contributed by atoms with Gasteiger partial charge in [-0.25, -0.2) is 0 Å². The van der Waals surface area contributed by atoms with Crippen LogP contribution in [0.25, 0.3) is 0 Å². The zero-order valence-electron chi connectivity index (χ0n) is 15.2. The maximum Gasteiger partial charge on any atom is 0.254 e. The number of aliphatic hydroxyl groups excluding tert-OH is 1. The molecule has 0 spiro atoms. The van der Waals surface area contributed by atoms with Gasteiger partial charge >= 0.3 is 0 Å². The van der Waals surface area contributed by atoms with Gasteiger partial charge in [-0.1, -0.05) is 42.1 Å². The topological polar surface area (TPSA) is 58.6 Å². The van der Waals surface area contributed by atoms with Gasteiger partial charge in [0.15, 0.2) is 0 Å². The van der Waals surface area contributed by atoms with Crippen molar-refractivity contribution in [1.82, 2.24) is 0 Å². The molecule has 0 aromatic heterocycles. The smallest absolute Gasteiger partial charge is 0.254 e. The lowest BCUT2D eigenvalue weighted by Gasteiger charge is -2.19. The highest BCUT2D eigenvalue weighted by Crippen LogP contribution is 2.45. The molecule has 142 valence electrons. The molecule has 0 aliphatic carbocycles. The van der Waals surface area contributed by atoms with E-state index in [-0.39, 0.29) is 0 Å². The second-order valence-corrected chi connectivity index (χ2v) is 8.65. The van der Waals surface area contributed by atoms with E-state index in [4.69, 9.17) is 4.74 Å². The van der Waals surface area contributed by atoms with Crippen molar-refractivity contribution in [2.75, 3.05) is 12.4 Å². The van der Waals surface area contributed by atoms with Crippen LogP contribution in [0.1, 0.15) is 10.8 Å². The van der Waals surface area contributed by atoms with Gasteiger partial charge in [0, 0.05) is 14.7 Å². The molecule has 6 heteroatoms. The quantitative estimate of drug-likeness (QED) is 0.636. The highest BCUT2D eigenvalue weighted by molar-refractivity contribution is 8.00. The van der Waals surface area contributed by atoms with Crippen molar-refractivity contribution in [2.24, 2.45) is 0 Å². The molecule has 2 atom stereocenters. The van der Waals surface area contributed by atoms with Gasteiger partial charge in [0.05, 0.1) is 18.0 Å². The first-order valence-corrected chi connectivity index (χ1v) is 10.5. The summed E-state index contributed by atoms with van der Waals surface area (Å²) in [5.74, 6) is 0.346. The zero-order valence-corrected chi connectivity index (χ0v) is 16.8. The van der Waals surface area contributed by atoms with Crippen molar-refractivity contribution in [3.8, 4) is 5.75 Å². The predicted octanol–water partition coefficient (Wildman–Crippen LogP) is 4.99. The lowest BCUT2D eigenvalue weighted by molar-refractivity contribution is -0.124. The van der Waals surface area contributed by atoms with Crippen LogP contribution in [0.4, 0.5) is 5.69 Å². The summed E-state index contributed by atoms with van der Waals surface area (Å²) in [5, 5.41) is 13.0. The van der Waals surface area contributed by atoms with Crippen LogP contribution in [0.15, 0.2) is 87.5 Å². The van der Waals surface area contributed by atoms with Crippen molar-refractivity contribution < 1.29 is 14.6 Å². The third-order valence-corrected chi connectivity index (χ3v) is 6.82. The van der Waals surface area contributed by atoms with E-state index in [1.165, 1.54) is 11.8 Å². The molecule has 3 aromatic carbocycles. The fourth-order valence-corrected chi connectivity index (χ4v) is 5.19. The minimum Gasteiger partial charge on any atom is -0.497 e. The third kappa shape index (κ3) is 4.04. The number of methoxy groups -OCH3 is 1. The van der Waals surface area contributed by atoms with Crippen LogP contribution in [-0.2, 0) is 4.79 Å². The fourth-order valence-electron chi connectivity index (χ4n) is 2.98. The number of ether oxygens (including phenoxy) is 1. The zero-order chi connectivity index (χ0) is 19.5. The second kappa shape index (κ2) is 8.31. The average molecular weight is 410 g/mol.